The van der Waals surface area contributed by atoms with E-state index in [-0.39, 0.29) is 30.0 Å². The van der Waals surface area contributed by atoms with Crippen molar-refractivity contribution in [1.82, 2.24) is 19.8 Å². The van der Waals surface area contributed by atoms with Gasteiger partial charge in [0.15, 0.2) is 9.84 Å². The molecule has 0 unspecified atom stereocenters. The highest BCUT2D eigenvalue weighted by Gasteiger charge is 2.31. The van der Waals surface area contributed by atoms with E-state index < -0.39 is 9.84 Å². The summed E-state index contributed by atoms with van der Waals surface area (Å²) in [5.41, 5.74) is 0.839. The van der Waals surface area contributed by atoms with Crippen molar-refractivity contribution in [2.24, 2.45) is 0 Å². The third kappa shape index (κ3) is 4.87. The van der Waals surface area contributed by atoms with Crippen LogP contribution in [0, 0.1) is 0 Å². The first kappa shape index (κ1) is 17.6. The van der Waals surface area contributed by atoms with Crippen LogP contribution < -0.4 is 5.32 Å². The Bertz CT molecular complexity index is 647. The molecule has 23 heavy (non-hydrogen) atoms. The molecule has 2 heterocycles. The first-order chi connectivity index (χ1) is 10.8. The fraction of sp³-hybridized carbons (Fsp3) is 0.643. The Morgan fingerprint density at radius 3 is 2.52 bits per heavy atom. The zero-order valence-corrected chi connectivity index (χ0v) is 14.5. The van der Waals surface area contributed by atoms with Crippen LogP contribution in [0.3, 0.4) is 0 Å². The van der Waals surface area contributed by atoms with Crippen molar-refractivity contribution in [1.29, 1.82) is 0 Å². The first-order valence-corrected chi connectivity index (χ1v) is 9.26. The predicted molar refractivity (Wildman–Crippen MR) is 87.7 cm³/mol. The van der Waals surface area contributed by atoms with E-state index >= 15 is 0 Å². The number of amides is 1. The second-order valence-corrected chi connectivity index (χ2v) is 8.12. The molecule has 1 aliphatic heterocycles. The van der Waals surface area contributed by atoms with Gasteiger partial charge >= 0.3 is 0 Å². The summed E-state index contributed by atoms with van der Waals surface area (Å²) in [5, 5.41) is 2.84. The average molecular weight is 341 g/mol. The summed E-state index contributed by atoms with van der Waals surface area (Å²) in [6, 6.07) is -0.0735. The first-order valence-electron chi connectivity index (χ1n) is 7.44. The largest absolute Gasteiger partial charge is 0.357 e. The lowest BCUT2D eigenvalue weighted by Gasteiger charge is -2.25. The molecule has 1 N–H and O–H groups in total. The Hall–Kier alpha value is -1.74. The van der Waals surface area contributed by atoms with E-state index in [0.29, 0.717) is 18.9 Å². The number of sulfone groups is 1. The smallest absolute Gasteiger partial charge is 0.236 e. The molecule has 1 aromatic rings. The second kappa shape index (κ2) is 7.22. The van der Waals surface area contributed by atoms with Gasteiger partial charge in [0.2, 0.25) is 11.9 Å². The van der Waals surface area contributed by atoms with E-state index in [1.165, 1.54) is 0 Å². The predicted octanol–water partition coefficient (Wildman–Crippen LogP) is -0.404. The molecule has 0 bridgehead atoms. The van der Waals surface area contributed by atoms with E-state index in [1.807, 2.05) is 4.90 Å². The molecule has 0 aromatic carbocycles. The van der Waals surface area contributed by atoms with Gasteiger partial charge in [-0.25, -0.2) is 18.4 Å². The quantitative estimate of drug-likeness (QED) is 0.752. The standard InChI is InChI=1S/C14H23N5O3S/c1-15-14-16-6-11(7-17-14)8-19(3)13(20)9-18(2)12-4-5-23(21,22)10-12/h6-7,12H,4-5,8-10H2,1-3H3,(H,15,16,17)/t12-/m0/s1. The van der Waals surface area contributed by atoms with Gasteiger partial charge < -0.3 is 10.2 Å². The van der Waals surface area contributed by atoms with Gasteiger partial charge in [0.05, 0.1) is 18.1 Å². The minimum Gasteiger partial charge on any atom is -0.357 e. The molecule has 0 saturated carbocycles. The highest BCUT2D eigenvalue weighted by Crippen LogP contribution is 2.16. The number of hydrogen-bond acceptors (Lipinski definition) is 7. The molecule has 1 saturated heterocycles. The number of nitrogens with zero attached hydrogens (tertiary/aromatic N) is 4. The second-order valence-electron chi connectivity index (χ2n) is 5.89. The van der Waals surface area contributed by atoms with Crippen LogP contribution in [0.15, 0.2) is 12.4 Å². The molecule has 0 aliphatic carbocycles. The Morgan fingerprint density at radius 2 is 2.00 bits per heavy atom. The molecule has 8 nitrogen and oxygen atoms in total. The lowest BCUT2D eigenvalue weighted by molar-refractivity contribution is -0.131. The zero-order chi connectivity index (χ0) is 17.0. The molecule has 1 fully saturated rings. The maximum absolute atomic E-state index is 12.3. The summed E-state index contributed by atoms with van der Waals surface area (Å²) in [7, 11) is 2.31. The number of aromatic nitrogens is 2. The molecule has 1 atom stereocenters. The van der Waals surface area contributed by atoms with Crippen molar-refractivity contribution in [2.75, 3.05) is 44.5 Å². The van der Waals surface area contributed by atoms with Crippen LogP contribution in [0.5, 0.6) is 0 Å². The molecule has 1 amide bonds. The number of carbonyl (C=O) groups is 1. The Kier molecular flexibility index (Phi) is 5.53. The maximum atomic E-state index is 12.3. The van der Waals surface area contributed by atoms with Crippen LogP contribution >= 0.6 is 0 Å². The van der Waals surface area contributed by atoms with Crippen molar-refractivity contribution in [3.05, 3.63) is 18.0 Å². The van der Waals surface area contributed by atoms with Crippen LogP contribution in [-0.4, -0.2) is 79.3 Å². The van der Waals surface area contributed by atoms with Gasteiger partial charge in [-0.1, -0.05) is 0 Å². The lowest BCUT2D eigenvalue weighted by Crippen LogP contribution is -2.41. The SMILES string of the molecule is CNc1ncc(CN(C)C(=O)CN(C)[C@H]2CCS(=O)(=O)C2)cn1. The highest BCUT2D eigenvalue weighted by molar-refractivity contribution is 7.91. The van der Waals surface area contributed by atoms with Crippen molar-refractivity contribution in [2.45, 2.75) is 19.0 Å². The summed E-state index contributed by atoms with van der Waals surface area (Å²) in [6.45, 7) is 0.617. The highest BCUT2D eigenvalue weighted by atomic mass is 32.2. The molecule has 0 spiro atoms. The van der Waals surface area contributed by atoms with Gasteiger partial charge in [0.25, 0.3) is 0 Å². The van der Waals surface area contributed by atoms with Gasteiger partial charge in [0.1, 0.15) is 0 Å². The summed E-state index contributed by atoms with van der Waals surface area (Å²) in [6.07, 6.45) is 3.95. The van der Waals surface area contributed by atoms with Crippen LogP contribution in [0.1, 0.15) is 12.0 Å². The van der Waals surface area contributed by atoms with Gasteiger partial charge in [-0.2, -0.15) is 0 Å². The fourth-order valence-corrected chi connectivity index (χ4v) is 4.32. The molecule has 9 heteroatoms. The van der Waals surface area contributed by atoms with Crippen molar-refractivity contribution in [3.8, 4) is 0 Å². The van der Waals surface area contributed by atoms with E-state index in [0.717, 1.165) is 5.56 Å². The number of hydrogen-bond donors (Lipinski definition) is 1. The monoisotopic (exact) mass is 341 g/mol. The van der Waals surface area contributed by atoms with Gasteiger partial charge in [0, 0.05) is 44.6 Å². The van der Waals surface area contributed by atoms with Gasteiger partial charge in [-0.05, 0) is 13.5 Å². The molecule has 128 valence electrons. The summed E-state index contributed by atoms with van der Waals surface area (Å²) in [5.74, 6) is 0.820. The van der Waals surface area contributed by atoms with Crippen LogP contribution in [0.2, 0.25) is 0 Å². The Balaban J connectivity index is 1.86. The number of carbonyl (C=O) groups excluding carboxylic acids is 1. The van der Waals surface area contributed by atoms with E-state index in [1.54, 1.807) is 38.4 Å². The topological polar surface area (TPSA) is 95.5 Å². The van der Waals surface area contributed by atoms with Crippen LogP contribution in [0.25, 0.3) is 0 Å². The third-order valence-corrected chi connectivity index (χ3v) is 5.74. The average Bonchev–Trinajstić information content (AvgIpc) is 2.88. The van der Waals surface area contributed by atoms with Crippen molar-refractivity contribution >= 4 is 21.7 Å². The van der Waals surface area contributed by atoms with Crippen LogP contribution in [0.4, 0.5) is 5.95 Å². The number of anilines is 1. The van der Waals surface area contributed by atoms with E-state index in [4.69, 9.17) is 0 Å². The molecule has 0 radical (unpaired) electrons. The van der Waals surface area contributed by atoms with Crippen LogP contribution in [-0.2, 0) is 21.2 Å². The molecule has 1 aliphatic rings. The minimum absolute atomic E-state index is 0.0607. The number of likely N-dealkylation sites (N-methyl/N-ethyl adjacent to an activating group) is 2. The van der Waals surface area contributed by atoms with Crippen molar-refractivity contribution < 1.29 is 13.2 Å². The Labute approximate surface area is 136 Å². The van der Waals surface area contributed by atoms with E-state index in [2.05, 4.69) is 15.3 Å². The van der Waals surface area contributed by atoms with Gasteiger partial charge in [-0.3, -0.25) is 9.69 Å². The summed E-state index contributed by atoms with van der Waals surface area (Å²) >= 11 is 0. The van der Waals surface area contributed by atoms with Gasteiger partial charge in [-0.15, -0.1) is 0 Å². The zero-order valence-electron chi connectivity index (χ0n) is 13.7. The normalized spacial score (nSPS) is 19.7. The number of rotatable bonds is 6. The minimum atomic E-state index is -2.94. The fourth-order valence-electron chi connectivity index (χ4n) is 2.51. The molecule has 2 rings (SSSR count). The molecule has 1 aromatic heterocycles. The summed E-state index contributed by atoms with van der Waals surface area (Å²) < 4.78 is 23.0. The Morgan fingerprint density at radius 1 is 1.35 bits per heavy atom. The maximum Gasteiger partial charge on any atom is 0.236 e. The molecular weight excluding hydrogens is 318 g/mol. The molecular formula is C14H23N5O3S. The lowest BCUT2D eigenvalue weighted by atomic mass is 10.2. The van der Waals surface area contributed by atoms with Crippen molar-refractivity contribution in [3.63, 3.8) is 0 Å². The van der Waals surface area contributed by atoms with E-state index in [9.17, 15) is 13.2 Å². The third-order valence-electron chi connectivity index (χ3n) is 3.99. The number of nitrogens with one attached hydrogen (secondary N) is 1. The summed E-state index contributed by atoms with van der Waals surface area (Å²) in [4.78, 5) is 23.9.